The molecule has 0 spiro atoms. The van der Waals surface area contributed by atoms with Gasteiger partial charge in [-0.1, -0.05) is 72.8 Å². The summed E-state index contributed by atoms with van der Waals surface area (Å²) < 4.78 is 5.16. The second-order valence-corrected chi connectivity index (χ2v) is 6.25. The van der Waals surface area contributed by atoms with E-state index in [0.29, 0.717) is 6.54 Å². The van der Waals surface area contributed by atoms with E-state index in [-0.39, 0.29) is 12.1 Å². The number of hydrogen-bond acceptors (Lipinski definition) is 2. The fraction of sp³-hybridized carbons (Fsp3) is 0.174. The van der Waals surface area contributed by atoms with Gasteiger partial charge in [-0.25, -0.2) is 4.79 Å². The van der Waals surface area contributed by atoms with E-state index < -0.39 is 0 Å². The summed E-state index contributed by atoms with van der Waals surface area (Å²) in [7, 11) is 1.65. The van der Waals surface area contributed by atoms with Crippen LogP contribution in [0.2, 0.25) is 0 Å². The summed E-state index contributed by atoms with van der Waals surface area (Å²) in [4.78, 5) is 12.4. The van der Waals surface area contributed by atoms with Crippen LogP contribution in [0.1, 0.15) is 22.7 Å². The highest BCUT2D eigenvalue weighted by atomic mass is 16.5. The van der Waals surface area contributed by atoms with E-state index in [4.69, 9.17) is 4.74 Å². The Morgan fingerprint density at radius 3 is 1.93 bits per heavy atom. The predicted octanol–water partition coefficient (Wildman–Crippen LogP) is 4.33. The average molecular weight is 360 g/mol. The molecule has 3 aromatic carbocycles. The third-order valence-electron chi connectivity index (χ3n) is 4.40. The van der Waals surface area contributed by atoms with Crippen LogP contribution in [0, 0.1) is 0 Å². The molecule has 3 aromatic rings. The number of ether oxygens (including phenoxy) is 1. The van der Waals surface area contributed by atoms with E-state index in [1.807, 2.05) is 84.9 Å². The van der Waals surface area contributed by atoms with Crippen molar-refractivity contribution in [2.45, 2.75) is 12.5 Å². The molecule has 4 heteroatoms. The van der Waals surface area contributed by atoms with Crippen molar-refractivity contribution in [2.24, 2.45) is 0 Å². The first-order chi connectivity index (χ1) is 13.3. The molecule has 0 aliphatic rings. The Hall–Kier alpha value is -3.27. The molecule has 0 fully saturated rings. The number of carbonyl (C=O) groups is 1. The van der Waals surface area contributed by atoms with Crippen molar-refractivity contribution < 1.29 is 9.53 Å². The molecular weight excluding hydrogens is 336 g/mol. The molecule has 0 saturated carbocycles. The summed E-state index contributed by atoms with van der Waals surface area (Å²) in [6.07, 6.45) is 0.763. The SMILES string of the molecule is COc1ccc(CCNC(=O)NC(c2ccccc2)c2ccccc2)cc1. The number of rotatable bonds is 7. The molecular formula is C23H24N2O2. The van der Waals surface area contributed by atoms with Crippen molar-refractivity contribution in [3.8, 4) is 5.75 Å². The van der Waals surface area contributed by atoms with Crippen molar-refractivity contribution in [1.82, 2.24) is 10.6 Å². The topological polar surface area (TPSA) is 50.4 Å². The first-order valence-electron chi connectivity index (χ1n) is 9.03. The van der Waals surface area contributed by atoms with Gasteiger partial charge in [-0.2, -0.15) is 0 Å². The summed E-state index contributed by atoms with van der Waals surface area (Å²) >= 11 is 0. The standard InChI is InChI=1S/C23H24N2O2/c1-27-21-14-12-18(13-15-21)16-17-24-23(26)25-22(19-8-4-2-5-9-19)20-10-6-3-7-11-20/h2-15,22H,16-17H2,1H3,(H2,24,25,26). The number of carbonyl (C=O) groups excluding carboxylic acids is 1. The van der Waals surface area contributed by atoms with Crippen LogP contribution in [0.15, 0.2) is 84.9 Å². The molecule has 0 saturated heterocycles. The maximum Gasteiger partial charge on any atom is 0.315 e. The zero-order chi connectivity index (χ0) is 18.9. The lowest BCUT2D eigenvalue weighted by Gasteiger charge is -2.20. The molecule has 0 bridgehead atoms. The van der Waals surface area contributed by atoms with Crippen LogP contribution >= 0.6 is 0 Å². The second kappa shape index (κ2) is 9.43. The average Bonchev–Trinajstić information content (AvgIpc) is 2.74. The molecule has 0 aliphatic heterocycles. The van der Waals surface area contributed by atoms with Crippen molar-refractivity contribution in [3.05, 3.63) is 102 Å². The van der Waals surface area contributed by atoms with Crippen LogP contribution in [0.25, 0.3) is 0 Å². The largest absolute Gasteiger partial charge is 0.497 e. The van der Waals surface area contributed by atoms with Crippen LogP contribution in [-0.4, -0.2) is 19.7 Å². The monoisotopic (exact) mass is 360 g/mol. The minimum atomic E-state index is -0.187. The molecule has 2 N–H and O–H groups in total. The Kier molecular flexibility index (Phi) is 6.47. The molecule has 2 amide bonds. The van der Waals surface area contributed by atoms with Gasteiger partial charge in [0.1, 0.15) is 5.75 Å². The zero-order valence-electron chi connectivity index (χ0n) is 15.4. The molecule has 0 aliphatic carbocycles. The van der Waals surface area contributed by atoms with Gasteiger partial charge < -0.3 is 15.4 Å². The van der Waals surface area contributed by atoms with Gasteiger partial charge in [-0.3, -0.25) is 0 Å². The number of amides is 2. The van der Waals surface area contributed by atoms with Gasteiger partial charge in [0.2, 0.25) is 0 Å². The smallest absolute Gasteiger partial charge is 0.315 e. The van der Waals surface area contributed by atoms with E-state index in [1.54, 1.807) is 7.11 Å². The van der Waals surface area contributed by atoms with Crippen LogP contribution in [-0.2, 0) is 6.42 Å². The number of nitrogens with one attached hydrogen (secondary N) is 2. The van der Waals surface area contributed by atoms with Gasteiger partial charge in [-0.05, 0) is 35.2 Å². The molecule has 0 radical (unpaired) electrons. The Morgan fingerprint density at radius 2 is 1.41 bits per heavy atom. The predicted molar refractivity (Wildman–Crippen MR) is 108 cm³/mol. The third kappa shape index (κ3) is 5.35. The minimum absolute atomic E-state index is 0.179. The van der Waals surface area contributed by atoms with Crippen molar-refractivity contribution in [3.63, 3.8) is 0 Å². The quantitative estimate of drug-likeness (QED) is 0.659. The minimum Gasteiger partial charge on any atom is -0.497 e. The highest BCUT2D eigenvalue weighted by Crippen LogP contribution is 2.21. The first-order valence-corrected chi connectivity index (χ1v) is 9.03. The highest BCUT2D eigenvalue weighted by Gasteiger charge is 2.16. The zero-order valence-corrected chi connectivity index (χ0v) is 15.4. The Bertz CT molecular complexity index is 794. The molecule has 0 aromatic heterocycles. The van der Waals surface area contributed by atoms with E-state index in [1.165, 1.54) is 0 Å². The van der Waals surface area contributed by atoms with Crippen molar-refractivity contribution >= 4 is 6.03 Å². The third-order valence-corrected chi connectivity index (χ3v) is 4.40. The van der Waals surface area contributed by atoms with Crippen molar-refractivity contribution in [2.75, 3.05) is 13.7 Å². The number of methoxy groups -OCH3 is 1. The lowest BCUT2D eigenvalue weighted by molar-refractivity contribution is 0.239. The fourth-order valence-corrected chi connectivity index (χ4v) is 2.94. The summed E-state index contributed by atoms with van der Waals surface area (Å²) in [6, 6.07) is 27.5. The summed E-state index contributed by atoms with van der Waals surface area (Å²) in [5.74, 6) is 0.831. The Morgan fingerprint density at radius 1 is 0.852 bits per heavy atom. The molecule has 3 rings (SSSR count). The normalized spacial score (nSPS) is 10.4. The molecule has 0 heterocycles. The van der Waals surface area contributed by atoms with Gasteiger partial charge in [0, 0.05) is 6.54 Å². The lowest BCUT2D eigenvalue weighted by atomic mass is 9.99. The van der Waals surface area contributed by atoms with Gasteiger partial charge in [-0.15, -0.1) is 0 Å². The van der Waals surface area contributed by atoms with Crippen molar-refractivity contribution in [1.29, 1.82) is 0 Å². The van der Waals surface area contributed by atoms with Gasteiger partial charge >= 0.3 is 6.03 Å². The van der Waals surface area contributed by atoms with E-state index >= 15 is 0 Å². The second-order valence-electron chi connectivity index (χ2n) is 6.25. The fourth-order valence-electron chi connectivity index (χ4n) is 2.94. The molecule has 27 heavy (non-hydrogen) atoms. The molecule has 0 atom stereocenters. The van der Waals surface area contributed by atoms with Crippen LogP contribution in [0.4, 0.5) is 4.79 Å². The number of hydrogen-bond donors (Lipinski definition) is 2. The van der Waals surface area contributed by atoms with Gasteiger partial charge in [0.05, 0.1) is 13.2 Å². The maximum absolute atomic E-state index is 12.4. The summed E-state index contributed by atoms with van der Waals surface area (Å²) in [6.45, 7) is 0.564. The van der Waals surface area contributed by atoms with Gasteiger partial charge in [0.15, 0.2) is 0 Å². The highest BCUT2D eigenvalue weighted by molar-refractivity contribution is 5.75. The Balaban J connectivity index is 1.59. The molecule has 4 nitrogen and oxygen atoms in total. The molecule has 0 unspecified atom stereocenters. The van der Waals surface area contributed by atoms with Crippen LogP contribution in [0.5, 0.6) is 5.75 Å². The van der Waals surface area contributed by atoms with E-state index in [9.17, 15) is 4.79 Å². The number of benzene rings is 3. The summed E-state index contributed by atoms with van der Waals surface area (Å²) in [5.41, 5.74) is 3.25. The maximum atomic E-state index is 12.4. The molecule has 138 valence electrons. The van der Waals surface area contributed by atoms with E-state index in [2.05, 4.69) is 10.6 Å². The summed E-state index contributed by atoms with van der Waals surface area (Å²) in [5, 5.41) is 6.03. The number of urea groups is 1. The first kappa shape index (κ1) is 18.5. The lowest BCUT2D eigenvalue weighted by Crippen LogP contribution is -2.39. The van der Waals surface area contributed by atoms with Gasteiger partial charge in [0.25, 0.3) is 0 Å². The van der Waals surface area contributed by atoms with Crippen LogP contribution < -0.4 is 15.4 Å². The van der Waals surface area contributed by atoms with Crippen LogP contribution in [0.3, 0.4) is 0 Å². The Labute approximate surface area is 160 Å². The van der Waals surface area contributed by atoms with E-state index in [0.717, 1.165) is 28.9 Å².